The molecule has 0 bridgehead atoms. The minimum absolute atomic E-state index is 0.278. The Kier molecular flexibility index (Phi) is 7.24. The number of aliphatic carboxylic acids is 1. The summed E-state index contributed by atoms with van der Waals surface area (Å²) in [5, 5.41) is 10.7. The van der Waals surface area contributed by atoms with Gasteiger partial charge in [0.2, 0.25) is 0 Å². The van der Waals surface area contributed by atoms with Crippen molar-refractivity contribution in [2.75, 3.05) is 18.9 Å². The molecule has 0 aliphatic rings. The van der Waals surface area contributed by atoms with Crippen molar-refractivity contribution < 1.29 is 9.90 Å². The number of nitrogens with two attached hydrogens (primary N) is 1. The van der Waals surface area contributed by atoms with Gasteiger partial charge in [-0.25, -0.2) is 0 Å². The summed E-state index contributed by atoms with van der Waals surface area (Å²) in [4.78, 5) is 13.2. The largest absolute Gasteiger partial charge is 0.480 e. The van der Waals surface area contributed by atoms with E-state index in [2.05, 4.69) is 52.5 Å². The van der Waals surface area contributed by atoms with E-state index in [4.69, 9.17) is 5.11 Å². The Labute approximate surface area is 124 Å². The van der Waals surface area contributed by atoms with E-state index < -0.39 is 5.97 Å². The van der Waals surface area contributed by atoms with Crippen LogP contribution in [0.15, 0.2) is 48.8 Å². The number of nitrogens with one attached hydrogen (secondary N) is 1. The summed E-state index contributed by atoms with van der Waals surface area (Å²) in [6, 6.07) is 12.3. The topological polar surface area (TPSA) is 88.2 Å². The lowest BCUT2D eigenvalue weighted by atomic mass is 10.1. The molecule has 0 fully saturated rings. The first-order valence-corrected chi connectivity index (χ1v) is 6.43. The SMILES string of the molecule is CNc1ccc(C=Cc2ccncc2)cc1.NCC(=O)O. The third-order valence-corrected chi connectivity index (χ3v) is 2.55. The molecule has 0 spiro atoms. The molecule has 4 N–H and O–H groups in total. The van der Waals surface area contributed by atoms with E-state index in [-0.39, 0.29) is 6.54 Å². The summed E-state index contributed by atoms with van der Waals surface area (Å²) in [6.45, 7) is -0.278. The van der Waals surface area contributed by atoms with Crippen molar-refractivity contribution >= 4 is 23.8 Å². The van der Waals surface area contributed by atoms with Crippen LogP contribution in [0, 0.1) is 0 Å². The molecule has 0 aliphatic heterocycles. The number of anilines is 1. The molecule has 1 aromatic carbocycles. The van der Waals surface area contributed by atoms with Crippen molar-refractivity contribution in [1.29, 1.82) is 0 Å². The molecule has 0 radical (unpaired) electrons. The number of nitrogens with zero attached hydrogens (tertiary/aromatic N) is 1. The Balaban J connectivity index is 0.000000383. The van der Waals surface area contributed by atoms with Gasteiger partial charge in [0.05, 0.1) is 6.54 Å². The van der Waals surface area contributed by atoms with Gasteiger partial charge in [-0.15, -0.1) is 0 Å². The van der Waals surface area contributed by atoms with E-state index in [1.54, 1.807) is 12.4 Å². The summed E-state index contributed by atoms with van der Waals surface area (Å²) < 4.78 is 0. The number of aromatic nitrogens is 1. The van der Waals surface area contributed by atoms with E-state index in [1.807, 2.05) is 19.2 Å². The summed E-state index contributed by atoms with van der Waals surface area (Å²) in [5.74, 6) is -0.968. The van der Waals surface area contributed by atoms with Crippen LogP contribution < -0.4 is 11.1 Å². The van der Waals surface area contributed by atoms with E-state index in [1.165, 1.54) is 5.56 Å². The lowest BCUT2D eigenvalue weighted by molar-refractivity contribution is -0.135. The van der Waals surface area contributed by atoms with Gasteiger partial charge in [-0.1, -0.05) is 24.3 Å². The Morgan fingerprint density at radius 3 is 2.05 bits per heavy atom. The maximum atomic E-state index is 9.24. The molecule has 1 aromatic heterocycles. The second kappa shape index (κ2) is 9.28. The fraction of sp³-hybridized carbons (Fsp3) is 0.125. The molecular formula is C16H19N3O2. The predicted molar refractivity (Wildman–Crippen MR) is 85.8 cm³/mol. The van der Waals surface area contributed by atoms with Crippen molar-refractivity contribution in [3.8, 4) is 0 Å². The first kappa shape index (κ1) is 16.4. The number of rotatable bonds is 4. The molecule has 0 aliphatic carbocycles. The van der Waals surface area contributed by atoms with Crippen LogP contribution in [0.4, 0.5) is 5.69 Å². The number of carbonyl (C=O) groups is 1. The highest BCUT2D eigenvalue weighted by molar-refractivity contribution is 5.70. The number of carboxylic acids is 1. The van der Waals surface area contributed by atoms with Gasteiger partial charge in [-0.3, -0.25) is 9.78 Å². The van der Waals surface area contributed by atoms with E-state index >= 15 is 0 Å². The normalized spacial score (nSPS) is 9.81. The van der Waals surface area contributed by atoms with Gasteiger partial charge in [0.25, 0.3) is 0 Å². The minimum Gasteiger partial charge on any atom is -0.480 e. The Morgan fingerprint density at radius 2 is 1.62 bits per heavy atom. The van der Waals surface area contributed by atoms with Crippen molar-refractivity contribution in [3.05, 3.63) is 59.9 Å². The summed E-state index contributed by atoms with van der Waals surface area (Å²) in [7, 11) is 1.92. The van der Waals surface area contributed by atoms with Gasteiger partial charge < -0.3 is 16.2 Å². The van der Waals surface area contributed by atoms with Crippen LogP contribution in [0.5, 0.6) is 0 Å². The van der Waals surface area contributed by atoms with Crippen LogP contribution >= 0.6 is 0 Å². The standard InChI is InChI=1S/C14H14N2.C2H5NO2/c1-15-14-6-4-12(5-7-14)2-3-13-8-10-16-11-9-13;3-1-2(4)5/h2-11,15H,1H3;1,3H2,(H,4,5). The van der Waals surface area contributed by atoms with Crippen molar-refractivity contribution in [1.82, 2.24) is 4.98 Å². The van der Waals surface area contributed by atoms with Crippen molar-refractivity contribution in [2.45, 2.75) is 0 Å². The fourth-order valence-electron chi connectivity index (χ4n) is 1.43. The summed E-state index contributed by atoms with van der Waals surface area (Å²) in [5.41, 5.74) is 8.05. The average Bonchev–Trinajstić information content (AvgIpc) is 2.55. The molecule has 110 valence electrons. The first-order valence-electron chi connectivity index (χ1n) is 6.43. The molecule has 5 heteroatoms. The highest BCUT2D eigenvalue weighted by Gasteiger charge is 1.89. The van der Waals surface area contributed by atoms with Gasteiger partial charge in [0.15, 0.2) is 0 Å². The third kappa shape index (κ3) is 6.89. The molecule has 5 nitrogen and oxygen atoms in total. The van der Waals surface area contributed by atoms with Crippen LogP contribution in [-0.2, 0) is 4.79 Å². The molecular weight excluding hydrogens is 266 g/mol. The van der Waals surface area contributed by atoms with E-state index in [9.17, 15) is 4.79 Å². The van der Waals surface area contributed by atoms with Crippen LogP contribution in [0.2, 0.25) is 0 Å². The first-order chi connectivity index (χ1) is 10.2. The molecule has 0 amide bonds. The number of pyridine rings is 1. The van der Waals surface area contributed by atoms with Crippen molar-refractivity contribution in [3.63, 3.8) is 0 Å². The second-order valence-corrected chi connectivity index (χ2v) is 4.08. The number of benzene rings is 1. The summed E-state index contributed by atoms with van der Waals surface area (Å²) in [6.07, 6.45) is 7.76. The van der Waals surface area contributed by atoms with Gasteiger partial charge in [0.1, 0.15) is 0 Å². The highest BCUT2D eigenvalue weighted by Crippen LogP contribution is 2.11. The van der Waals surface area contributed by atoms with Gasteiger partial charge in [-0.2, -0.15) is 0 Å². The second-order valence-electron chi connectivity index (χ2n) is 4.08. The van der Waals surface area contributed by atoms with Crippen LogP contribution in [0.3, 0.4) is 0 Å². The fourth-order valence-corrected chi connectivity index (χ4v) is 1.43. The Bertz CT molecular complexity index is 566. The molecule has 0 saturated carbocycles. The molecule has 0 atom stereocenters. The van der Waals surface area contributed by atoms with Crippen molar-refractivity contribution in [2.24, 2.45) is 5.73 Å². The maximum absolute atomic E-state index is 9.24. The van der Waals surface area contributed by atoms with E-state index in [0.717, 1.165) is 11.3 Å². The van der Waals surface area contributed by atoms with Crippen LogP contribution in [-0.4, -0.2) is 29.7 Å². The molecule has 21 heavy (non-hydrogen) atoms. The van der Waals surface area contributed by atoms with Gasteiger partial charge in [0, 0.05) is 25.1 Å². The van der Waals surface area contributed by atoms with E-state index in [0.29, 0.717) is 0 Å². The zero-order chi connectivity index (χ0) is 15.5. The quantitative estimate of drug-likeness (QED) is 0.802. The molecule has 2 aromatic rings. The number of carboxylic acid groups (broad SMARTS) is 1. The predicted octanol–water partition coefficient (Wildman–Crippen LogP) is 2.32. The number of hydrogen-bond acceptors (Lipinski definition) is 4. The minimum atomic E-state index is -0.968. The number of hydrogen-bond donors (Lipinski definition) is 3. The lowest BCUT2D eigenvalue weighted by Crippen LogP contribution is -2.10. The lowest BCUT2D eigenvalue weighted by Gasteiger charge is -1.99. The average molecular weight is 285 g/mol. The zero-order valence-corrected chi connectivity index (χ0v) is 11.9. The highest BCUT2D eigenvalue weighted by atomic mass is 16.4. The molecule has 1 heterocycles. The smallest absolute Gasteiger partial charge is 0.317 e. The van der Waals surface area contributed by atoms with Gasteiger partial charge >= 0.3 is 5.97 Å². The zero-order valence-electron chi connectivity index (χ0n) is 11.9. The molecule has 2 rings (SSSR count). The molecule has 0 saturated heterocycles. The monoisotopic (exact) mass is 285 g/mol. The Hall–Kier alpha value is -2.66. The molecule has 0 unspecified atom stereocenters. The Morgan fingerprint density at radius 1 is 1.14 bits per heavy atom. The summed E-state index contributed by atoms with van der Waals surface area (Å²) >= 11 is 0. The maximum Gasteiger partial charge on any atom is 0.317 e. The van der Waals surface area contributed by atoms with Crippen LogP contribution in [0.1, 0.15) is 11.1 Å². The van der Waals surface area contributed by atoms with Gasteiger partial charge in [-0.05, 0) is 35.4 Å². The third-order valence-electron chi connectivity index (χ3n) is 2.55. The van der Waals surface area contributed by atoms with Crippen LogP contribution in [0.25, 0.3) is 12.2 Å².